The maximum atomic E-state index is 13.1. The van der Waals surface area contributed by atoms with Crippen LogP contribution in [0.1, 0.15) is 59.9 Å². The molecular weight excluding hydrogens is 418 g/mol. The lowest BCUT2D eigenvalue weighted by Crippen LogP contribution is -2.37. The van der Waals surface area contributed by atoms with E-state index in [0.29, 0.717) is 0 Å². The molecule has 1 heterocycles. The molecule has 0 unspecified atom stereocenters. The molecule has 0 saturated carbocycles. The number of aromatic nitrogens is 1. The number of benzene rings is 1. The van der Waals surface area contributed by atoms with Crippen molar-refractivity contribution in [2.45, 2.75) is 33.6 Å². The number of hydrogen-bond acceptors (Lipinski definition) is 6. The van der Waals surface area contributed by atoms with Crippen molar-refractivity contribution >= 4 is 17.8 Å². The molecule has 2 amide bonds. The summed E-state index contributed by atoms with van der Waals surface area (Å²) >= 11 is 0. The summed E-state index contributed by atoms with van der Waals surface area (Å²) in [7, 11) is 0. The van der Waals surface area contributed by atoms with Gasteiger partial charge < -0.3 is 26.0 Å². The highest BCUT2D eigenvalue weighted by atomic mass is 16.4. The fourth-order valence-electron chi connectivity index (χ4n) is 2.96. The van der Waals surface area contributed by atoms with Crippen LogP contribution in [0.5, 0.6) is 11.6 Å². The van der Waals surface area contributed by atoms with Crippen molar-refractivity contribution < 1.29 is 29.7 Å². The molecule has 2 aromatic rings. The van der Waals surface area contributed by atoms with Gasteiger partial charge in [-0.2, -0.15) is 0 Å². The second-order valence-electron chi connectivity index (χ2n) is 7.99. The van der Waals surface area contributed by atoms with Gasteiger partial charge in [-0.25, -0.2) is 4.57 Å². The highest BCUT2D eigenvalue weighted by Gasteiger charge is 2.30. The number of nitrogens with zero attached hydrogens (tertiary/aromatic N) is 1. The van der Waals surface area contributed by atoms with E-state index in [1.165, 1.54) is 6.07 Å². The molecule has 5 N–H and O–H groups in total. The standard InChI is InChI=1S/C22H27N3O7/c1-11(2)9-23-19(29)16-18(28)17(20(30)24-10-15(26)27)22(32)25(21(16)31)14-7-5-6-13(8-14)12(3)4/h5-8,11-12,28,31H,9-10H2,1-4H3,(H,23,29)(H,24,30)(H,26,27). The first-order chi connectivity index (χ1) is 15.0. The average Bonchev–Trinajstić information content (AvgIpc) is 2.70. The van der Waals surface area contributed by atoms with E-state index >= 15 is 0 Å². The summed E-state index contributed by atoms with van der Waals surface area (Å²) in [5, 5.41) is 34.7. The molecule has 1 aromatic heterocycles. The van der Waals surface area contributed by atoms with E-state index in [1.807, 2.05) is 39.1 Å². The highest BCUT2D eigenvalue weighted by molar-refractivity contribution is 6.05. The summed E-state index contributed by atoms with van der Waals surface area (Å²) in [6, 6.07) is 6.57. The lowest BCUT2D eigenvalue weighted by molar-refractivity contribution is -0.135. The minimum Gasteiger partial charge on any atom is -0.506 e. The molecule has 0 spiro atoms. The quantitative estimate of drug-likeness (QED) is 0.412. The molecular formula is C22H27N3O7. The highest BCUT2D eigenvalue weighted by Crippen LogP contribution is 2.31. The van der Waals surface area contributed by atoms with Crippen molar-refractivity contribution in [3.8, 4) is 17.3 Å². The second kappa shape index (κ2) is 9.99. The maximum absolute atomic E-state index is 13.1. The normalized spacial score (nSPS) is 10.9. The Balaban J connectivity index is 2.78. The Morgan fingerprint density at radius 1 is 1.00 bits per heavy atom. The summed E-state index contributed by atoms with van der Waals surface area (Å²) in [5.74, 6) is -5.20. The Hall–Kier alpha value is -3.82. The molecule has 0 fully saturated rings. The Kier molecular flexibility index (Phi) is 7.63. The predicted octanol–water partition coefficient (Wildman–Crippen LogP) is 1.57. The van der Waals surface area contributed by atoms with E-state index < -0.39 is 52.6 Å². The zero-order chi connectivity index (χ0) is 24.2. The fourth-order valence-corrected chi connectivity index (χ4v) is 2.96. The van der Waals surface area contributed by atoms with Gasteiger partial charge in [0, 0.05) is 6.54 Å². The van der Waals surface area contributed by atoms with E-state index in [2.05, 4.69) is 5.32 Å². The van der Waals surface area contributed by atoms with Gasteiger partial charge in [0.1, 0.15) is 17.7 Å². The smallest absolute Gasteiger partial charge is 0.322 e. The van der Waals surface area contributed by atoms with Crippen LogP contribution in [0.4, 0.5) is 0 Å². The van der Waals surface area contributed by atoms with Gasteiger partial charge in [0.05, 0.1) is 5.69 Å². The van der Waals surface area contributed by atoms with Crippen LogP contribution in [0.25, 0.3) is 5.69 Å². The number of carbonyl (C=O) groups excluding carboxylic acids is 2. The molecule has 0 saturated heterocycles. The third-order valence-electron chi connectivity index (χ3n) is 4.65. The van der Waals surface area contributed by atoms with E-state index in [-0.39, 0.29) is 24.1 Å². The monoisotopic (exact) mass is 445 g/mol. The third kappa shape index (κ3) is 5.26. The van der Waals surface area contributed by atoms with Gasteiger partial charge in [0.2, 0.25) is 5.88 Å². The number of carbonyl (C=O) groups is 3. The summed E-state index contributed by atoms with van der Waals surface area (Å²) < 4.78 is 0.742. The number of nitrogens with one attached hydrogen (secondary N) is 2. The first kappa shape index (κ1) is 24.4. The van der Waals surface area contributed by atoms with Crippen molar-refractivity contribution in [1.29, 1.82) is 0 Å². The number of pyridine rings is 1. The Morgan fingerprint density at radius 2 is 1.62 bits per heavy atom. The molecule has 2 rings (SSSR count). The first-order valence-corrected chi connectivity index (χ1v) is 10.0. The fraction of sp³-hybridized carbons (Fsp3) is 0.364. The number of rotatable bonds is 8. The van der Waals surface area contributed by atoms with Gasteiger partial charge in [-0.15, -0.1) is 0 Å². The first-order valence-electron chi connectivity index (χ1n) is 10.0. The molecule has 32 heavy (non-hydrogen) atoms. The topological polar surface area (TPSA) is 158 Å². The Labute approximate surface area is 184 Å². The van der Waals surface area contributed by atoms with E-state index in [9.17, 15) is 29.4 Å². The Morgan fingerprint density at radius 3 is 2.19 bits per heavy atom. The zero-order valence-corrected chi connectivity index (χ0v) is 18.3. The molecule has 1 aromatic carbocycles. The molecule has 0 atom stereocenters. The van der Waals surface area contributed by atoms with Crippen molar-refractivity contribution in [3.05, 3.63) is 51.3 Å². The van der Waals surface area contributed by atoms with Crippen molar-refractivity contribution in [2.75, 3.05) is 13.1 Å². The van der Waals surface area contributed by atoms with Crippen LogP contribution >= 0.6 is 0 Å². The summed E-state index contributed by atoms with van der Waals surface area (Å²) in [6.07, 6.45) is 0. The summed E-state index contributed by atoms with van der Waals surface area (Å²) in [6.45, 7) is 6.92. The van der Waals surface area contributed by atoms with Gasteiger partial charge in [-0.1, -0.05) is 39.8 Å². The van der Waals surface area contributed by atoms with Crippen LogP contribution in [0.3, 0.4) is 0 Å². The van der Waals surface area contributed by atoms with Crippen molar-refractivity contribution in [2.24, 2.45) is 5.92 Å². The number of aliphatic carboxylic acids is 1. The van der Waals surface area contributed by atoms with Crippen molar-refractivity contribution in [3.63, 3.8) is 0 Å². The number of carboxylic acids is 1. The van der Waals surface area contributed by atoms with Gasteiger partial charge in [-0.3, -0.25) is 19.2 Å². The van der Waals surface area contributed by atoms with E-state index in [0.717, 1.165) is 10.1 Å². The predicted molar refractivity (Wildman–Crippen MR) is 117 cm³/mol. The molecule has 10 heteroatoms. The van der Waals surface area contributed by atoms with Gasteiger partial charge in [0.25, 0.3) is 17.4 Å². The molecule has 0 aliphatic heterocycles. The molecule has 172 valence electrons. The lowest BCUT2D eigenvalue weighted by Gasteiger charge is -2.18. The minimum absolute atomic E-state index is 0.0511. The van der Waals surface area contributed by atoms with Crippen molar-refractivity contribution in [1.82, 2.24) is 15.2 Å². The number of aromatic hydroxyl groups is 2. The number of hydrogen-bond donors (Lipinski definition) is 5. The SMILES string of the molecule is CC(C)CNC(=O)c1c(O)c(C(=O)NCC(=O)O)c(=O)n(-c2cccc(C(C)C)c2)c1O. The molecule has 0 aliphatic rings. The van der Waals surface area contributed by atoms with E-state index in [4.69, 9.17) is 5.11 Å². The summed E-state index contributed by atoms with van der Waals surface area (Å²) in [4.78, 5) is 49.2. The average molecular weight is 445 g/mol. The molecule has 0 bridgehead atoms. The van der Waals surface area contributed by atoms with Gasteiger partial charge in [-0.05, 0) is 29.5 Å². The third-order valence-corrected chi connectivity index (χ3v) is 4.65. The summed E-state index contributed by atoms with van der Waals surface area (Å²) in [5.41, 5.74) is -1.63. The van der Waals surface area contributed by atoms with Crippen LogP contribution in [0, 0.1) is 5.92 Å². The minimum atomic E-state index is -1.36. The number of amides is 2. The van der Waals surface area contributed by atoms with Crippen LogP contribution in [0.2, 0.25) is 0 Å². The maximum Gasteiger partial charge on any atom is 0.322 e. The zero-order valence-electron chi connectivity index (χ0n) is 18.3. The second-order valence-corrected chi connectivity index (χ2v) is 7.99. The largest absolute Gasteiger partial charge is 0.506 e. The number of carboxylic acid groups (broad SMARTS) is 1. The lowest BCUT2D eigenvalue weighted by atomic mass is 10.0. The van der Waals surface area contributed by atoms with Crippen LogP contribution in [0.15, 0.2) is 29.1 Å². The molecule has 0 aliphatic carbocycles. The van der Waals surface area contributed by atoms with Crippen LogP contribution in [-0.4, -0.2) is 50.8 Å². The molecule has 10 nitrogen and oxygen atoms in total. The van der Waals surface area contributed by atoms with Crippen LogP contribution < -0.4 is 16.2 Å². The van der Waals surface area contributed by atoms with Gasteiger partial charge >= 0.3 is 5.97 Å². The Bertz CT molecular complexity index is 1100. The van der Waals surface area contributed by atoms with E-state index in [1.54, 1.807) is 12.1 Å². The van der Waals surface area contributed by atoms with Crippen LogP contribution in [-0.2, 0) is 4.79 Å². The van der Waals surface area contributed by atoms with Gasteiger partial charge in [0.15, 0.2) is 5.75 Å². The molecule has 0 radical (unpaired) electrons.